The SMILES string of the molecule is [2H]C([2H])(CCCCCCCCC/C=C\C/C=C\C/C=C\C/C=C\C/C=C\C/C=C\CC)C([2H])([2H])C([2H])([2H])C(=O)O. The van der Waals surface area contributed by atoms with Gasteiger partial charge in [-0.05, 0) is 57.7 Å². The highest BCUT2D eigenvalue weighted by Gasteiger charge is 1.96. The van der Waals surface area contributed by atoms with E-state index in [-0.39, 0.29) is 6.42 Å². The van der Waals surface area contributed by atoms with Crippen molar-refractivity contribution in [2.45, 2.75) is 122 Å². The summed E-state index contributed by atoms with van der Waals surface area (Å²) in [5.41, 5.74) is 0. The van der Waals surface area contributed by atoms with Gasteiger partial charge in [-0.1, -0.05) is 131 Å². The lowest BCUT2D eigenvalue weighted by Crippen LogP contribution is -1.93. The molecule has 34 heavy (non-hydrogen) atoms. The van der Waals surface area contributed by atoms with Crippen molar-refractivity contribution in [3.05, 3.63) is 72.9 Å². The summed E-state index contributed by atoms with van der Waals surface area (Å²) in [6, 6.07) is 0. The van der Waals surface area contributed by atoms with Crippen molar-refractivity contribution in [2.24, 2.45) is 0 Å². The maximum atomic E-state index is 11.0. The normalized spacial score (nSPS) is 16.6. The Labute approximate surface area is 219 Å². The van der Waals surface area contributed by atoms with Crippen LogP contribution in [0.25, 0.3) is 0 Å². The minimum atomic E-state index is -3.28. The van der Waals surface area contributed by atoms with E-state index in [2.05, 4.69) is 79.8 Å². The molecular formula is C32H52O2. The molecule has 0 saturated carbocycles. The van der Waals surface area contributed by atoms with Gasteiger partial charge < -0.3 is 5.11 Å². The van der Waals surface area contributed by atoms with Crippen molar-refractivity contribution < 1.29 is 18.1 Å². The Morgan fingerprint density at radius 1 is 0.559 bits per heavy atom. The standard InChI is InChI=1S/C32H52O2/c1-2-3-4-5-6-7-8-9-10-11-12-13-14-15-16-17-18-19-20-21-22-23-24-25-26-27-28-29-30-31-32(33)34/h3-4,6-7,9-10,12-13,15-16,18-19H,2,5,8,11,14,17,20-31H2,1H3,(H,33,34)/b4-3-,7-6-,10-9-,13-12-,16-15-,19-18-/i29D2,30D2,31D2. The first kappa shape index (κ1) is 22.4. The van der Waals surface area contributed by atoms with Crippen LogP contribution in [-0.2, 0) is 4.79 Å². The van der Waals surface area contributed by atoms with E-state index < -0.39 is 25.1 Å². The largest absolute Gasteiger partial charge is 0.481 e. The molecule has 0 amide bonds. The zero-order valence-electron chi connectivity index (χ0n) is 27.4. The molecule has 2 heteroatoms. The van der Waals surface area contributed by atoms with Gasteiger partial charge in [0.25, 0.3) is 0 Å². The lowest BCUT2D eigenvalue weighted by Gasteiger charge is -2.01. The monoisotopic (exact) mass is 474 g/mol. The molecule has 192 valence electrons. The van der Waals surface area contributed by atoms with Crippen LogP contribution >= 0.6 is 0 Å². The third-order valence-corrected chi connectivity index (χ3v) is 5.03. The molecule has 0 saturated heterocycles. The fraction of sp³-hybridized carbons (Fsp3) is 0.594. The highest BCUT2D eigenvalue weighted by Crippen LogP contribution is 2.12. The molecule has 0 aromatic carbocycles. The highest BCUT2D eigenvalue weighted by atomic mass is 16.4. The van der Waals surface area contributed by atoms with Gasteiger partial charge in [-0.25, -0.2) is 0 Å². The summed E-state index contributed by atoms with van der Waals surface area (Å²) >= 11 is 0. The molecule has 2 nitrogen and oxygen atoms in total. The van der Waals surface area contributed by atoms with E-state index in [4.69, 9.17) is 13.3 Å². The summed E-state index contributed by atoms with van der Waals surface area (Å²) in [4.78, 5) is 11.0. The fourth-order valence-corrected chi connectivity index (χ4v) is 3.16. The van der Waals surface area contributed by atoms with Crippen LogP contribution in [0.2, 0.25) is 0 Å². The second-order valence-electron chi connectivity index (χ2n) is 8.16. The average molecular weight is 475 g/mol. The van der Waals surface area contributed by atoms with Gasteiger partial charge in [0.2, 0.25) is 0 Å². The van der Waals surface area contributed by atoms with Crippen LogP contribution in [0.3, 0.4) is 0 Å². The Balaban J connectivity index is 3.73. The average Bonchev–Trinajstić information content (AvgIpc) is 2.90. The topological polar surface area (TPSA) is 37.3 Å². The number of aliphatic carboxylic acids is 1. The van der Waals surface area contributed by atoms with Gasteiger partial charge in [0.15, 0.2) is 0 Å². The zero-order valence-corrected chi connectivity index (χ0v) is 21.4. The molecule has 1 N–H and O–H groups in total. The Morgan fingerprint density at radius 2 is 0.941 bits per heavy atom. The first-order chi connectivity index (χ1) is 19.0. The van der Waals surface area contributed by atoms with Crippen LogP contribution in [0.15, 0.2) is 72.9 Å². The molecule has 0 fully saturated rings. The van der Waals surface area contributed by atoms with Crippen molar-refractivity contribution in [3.63, 3.8) is 0 Å². The number of rotatable bonds is 24. The Morgan fingerprint density at radius 3 is 1.38 bits per heavy atom. The first-order valence-corrected chi connectivity index (χ1v) is 13.1. The maximum absolute atomic E-state index is 11.0. The number of carbonyl (C=O) groups is 1. The van der Waals surface area contributed by atoms with E-state index in [0.29, 0.717) is 6.42 Å². The number of hydrogen-bond donors (Lipinski definition) is 1. The molecule has 0 atom stereocenters. The van der Waals surface area contributed by atoms with Gasteiger partial charge in [0.05, 0.1) is 0 Å². The highest BCUT2D eigenvalue weighted by molar-refractivity contribution is 5.66. The molecule has 0 aliphatic heterocycles. The molecule has 0 aliphatic rings. The quantitative estimate of drug-likeness (QED) is 0.111. The van der Waals surface area contributed by atoms with Gasteiger partial charge in [0.1, 0.15) is 0 Å². The molecule has 0 unspecified atom stereocenters. The van der Waals surface area contributed by atoms with Crippen molar-refractivity contribution in [3.8, 4) is 0 Å². The molecule has 0 aromatic heterocycles. The van der Waals surface area contributed by atoms with E-state index in [0.717, 1.165) is 83.5 Å². The van der Waals surface area contributed by atoms with Crippen LogP contribution in [0, 0.1) is 0 Å². The van der Waals surface area contributed by atoms with Crippen LogP contribution in [0.4, 0.5) is 0 Å². The van der Waals surface area contributed by atoms with E-state index in [1.807, 2.05) is 0 Å². The van der Waals surface area contributed by atoms with Crippen molar-refractivity contribution in [2.75, 3.05) is 0 Å². The molecular weight excluding hydrogens is 416 g/mol. The third-order valence-electron chi connectivity index (χ3n) is 5.03. The number of carboxylic acid groups (broad SMARTS) is 1. The van der Waals surface area contributed by atoms with Gasteiger partial charge in [0, 0.05) is 14.6 Å². The van der Waals surface area contributed by atoms with E-state index in [1.165, 1.54) is 0 Å². The third kappa shape index (κ3) is 29.9. The Kier molecular flexibility index (Phi) is 19.0. The molecule has 0 spiro atoms. The summed E-state index contributed by atoms with van der Waals surface area (Å²) in [6.45, 7) is 2.15. The molecule has 0 heterocycles. The van der Waals surface area contributed by atoms with Gasteiger partial charge in [-0.2, -0.15) is 0 Å². The van der Waals surface area contributed by atoms with E-state index >= 15 is 0 Å². The summed E-state index contributed by atoms with van der Waals surface area (Å²) in [6.07, 6.45) is 30.8. The van der Waals surface area contributed by atoms with Crippen LogP contribution in [0.5, 0.6) is 0 Å². The molecule has 0 bridgehead atoms. The lowest BCUT2D eigenvalue weighted by molar-refractivity contribution is -0.137. The lowest BCUT2D eigenvalue weighted by atomic mass is 10.1. The van der Waals surface area contributed by atoms with Crippen LogP contribution in [0.1, 0.15) is 131 Å². The second kappa shape index (κ2) is 28.9. The van der Waals surface area contributed by atoms with Crippen LogP contribution < -0.4 is 0 Å². The number of allylic oxidation sites excluding steroid dienone is 12. The number of hydrogen-bond acceptors (Lipinski definition) is 1. The molecule has 0 radical (unpaired) electrons. The van der Waals surface area contributed by atoms with Crippen molar-refractivity contribution >= 4 is 5.97 Å². The molecule has 0 rings (SSSR count). The van der Waals surface area contributed by atoms with Gasteiger partial charge >= 0.3 is 5.97 Å². The van der Waals surface area contributed by atoms with E-state index in [9.17, 15) is 4.79 Å². The molecule has 0 aromatic rings. The second-order valence-corrected chi connectivity index (χ2v) is 8.16. The summed E-state index contributed by atoms with van der Waals surface area (Å²) in [5.74, 6) is -1.98. The van der Waals surface area contributed by atoms with Crippen molar-refractivity contribution in [1.82, 2.24) is 0 Å². The summed E-state index contributed by atoms with van der Waals surface area (Å²) in [7, 11) is 0. The van der Waals surface area contributed by atoms with Gasteiger partial charge in [-0.3, -0.25) is 4.79 Å². The maximum Gasteiger partial charge on any atom is 0.303 e. The predicted octanol–water partition coefficient (Wildman–Crippen LogP) is 10.4. The predicted molar refractivity (Wildman–Crippen MR) is 151 cm³/mol. The van der Waals surface area contributed by atoms with Gasteiger partial charge in [-0.15, -0.1) is 0 Å². The minimum Gasteiger partial charge on any atom is -0.481 e. The fourth-order valence-electron chi connectivity index (χ4n) is 3.16. The number of carboxylic acids is 1. The smallest absolute Gasteiger partial charge is 0.303 e. The Bertz CT molecular complexity index is 838. The molecule has 0 aliphatic carbocycles. The zero-order chi connectivity index (χ0) is 30.2. The first-order valence-electron chi connectivity index (χ1n) is 16.1. The Hall–Kier alpha value is -2.09. The van der Waals surface area contributed by atoms with Crippen LogP contribution in [-0.4, -0.2) is 11.1 Å². The number of unbranched alkanes of at least 4 members (excludes halogenated alkanes) is 7. The summed E-state index contributed by atoms with van der Waals surface area (Å²) < 4.78 is 46.1. The van der Waals surface area contributed by atoms with E-state index in [1.54, 1.807) is 0 Å². The summed E-state index contributed by atoms with van der Waals surface area (Å²) in [5, 5.41) is 8.92. The van der Waals surface area contributed by atoms with Crippen molar-refractivity contribution in [1.29, 1.82) is 0 Å². The minimum absolute atomic E-state index is 0.199.